The number of primary amides is 1. The number of halogens is 4. The van der Waals surface area contributed by atoms with Gasteiger partial charge in [0.05, 0.1) is 18.4 Å². The Morgan fingerprint density at radius 3 is 2.33 bits per heavy atom. The second-order valence-corrected chi connectivity index (χ2v) is 5.75. The van der Waals surface area contributed by atoms with Crippen LogP contribution in [-0.4, -0.2) is 42.5 Å². The highest BCUT2D eigenvalue weighted by Gasteiger charge is 2.51. The molecule has 1 fully saturated rings. The first kappa shape index (κ1) is 18.2. The van der Waals surface area contributed by atoms with Crippen LogP contribution in [-0.2, 0) is 16.1 Å². The number of rotatable bonds is 5. The molecule has 0 aromatic heterocycles. The maximum absolute atomic E-state index is 12.9. The fourth-order valence-electron chi connectivity index (χ4n) is 2.70. The van der Waals surface area contributed by atoms with Gasteiger partial charge in [0.15, 0.2) is 0 Å². The fraction of sp³-hybridized carbons (Fsp3) is 0.467. The van der Waals surface area contributed by atoms with Gasteiger partial charge in [-0.1, -0.05) is 12.1 Å². The summed E-state index contributed by atoms with van der Waals surface area (Å²) in [5, 5.41) is 2.54. The van der Waals surface area contributed by atoms with Gasteiger partial charge in [0, 0.05) is 19.6 Å². The first-order valence-electron chi connectivity index (χ1n) is 7.26. The Kier molecular flexibility index (Phi) is 5.43. The first-order valence-corrected chi connectivity index (χ1v) is 7.26. The van der Waals surface area contributed by atoms with Gasteiger partial charge < -0.3 is 11.1 Å². The van der Waals surface area contributed by atoms with E-state index in [0.29, 0.717) is 5.56 Å². The van der Waals surface area contributed by atoms with Crippen molar-refractivity contribution in [2.24, 2.45) is 17.6 Å². The van der Waals surface area contributed by atoms with Gasteiger partial charge >= 0.3 is 6.18 Å². The zero-order valence-electron chi connectivity index (χ0n) is 12.6. The first-order chi connectivity index (χ1) is 11.2. The molecule has 5 nitrogen and oxygen atoms in total. The highest BCUT2D eigenvalue weighted by atomic mass is 19.4. The maximum atomic E-state index is 12.9. The van der Waals surface area contributed by atoms with Crippen LogP contribution in [0.15, 0.2) is 24.3 Å². The number of hydrogen-bond acceptors (Lipinski definition) is 3. The van der Waals surface area contributed by atoms with Crippen LogP contribution in [0.2, 0.25) is 0 Å². The summed E-state index contributed by atoms with van der Waals surface area (Å²) >= 11 is 0. The van der Waals surface area contributed by atoms with Crippen LogP contribution in [0.25, 0.3) is 0 Å². The van der Waals surface area contributed by atoms with Gasteiger partial charge in [-0.15, -0.1) is 0 Å². The van der Waals surface area contributed by atoms with Crippen molar-refractivity contribution < 1.29 is 27.2 Å². The van der Waals surface area contributed by atoms with Crippen LogP contribution in [0, 0.1) is 17.7 Å². The van der Waals surface area contributed by atoms with Gasteiger partial charge in [-0.25, -0.2) is 4.39 Å². The second-order valence-electron chi connectivity index (χ2n) is 5.75. The molecular weight excluding hydrogens is 330 g/mol. The summed E-state index contributed by atoms with van der Waals surface area (Å²) in [7, 11) is 0. The molecule has 0 aliphatic carbocycles. The predicted molar refractivity (Wildman–Crippen MR) is 76.9 cm³/mol. The van der Waals surface area contributed by atoms with Crippen molar-refractivity contribution in [3.63, 3.8) is 0 Å². The lowest BCUT2D eigenvalue weighted by Gasteiger charge is -2.18. The van der Waals surface area contributed by atoms with Gasteiger partial charge in [0.25, 0.3) is 0 Å². The molecule has 132 valence electrons. The van der Waals surface area contributed by atoms with Crippen LogP contribution >= 0.6 is 0 Å². The third-order valence-corrected chi connectivity index (χ3v) is 3.95. The monoisotopic (exact) mass is 347 g/mol. The van der Waals surface area contributed by atoms with Gasteiger partial charge in [-0.3, -0.25) is 14.5 Å². The van der Waals surface area contributed by atoms with Gasteiger partial charge in [-0.05, 0) is 17.7 Å². The summed E-state index contributed by atoms with van der Waals surface area (Å²) in [6.07, 6.45) is -4.54. The van der Waals surface area contributed by atoms with Crippen molar-refractivity contribution in [2.75, 3.05) is 19.6 Å². The molecule has 0 bridgehead atoms. The van der Waals surface area contributed by atoms with E-state index in [9.17, 15) is 27.2 Å². The molecule has 2 rings (SSSR count). The molecule has 1 heterocycles. The highest BCUT2D eigenvalue weighted by Crippen LogP contribution is 2.37. The van der Waals surface area contributed by atoms with Gasteiger partial charge in [-0.2, -0.15) is 13.2 Å². The molecule has 9 heteroatoms. The number of carbonyl (C=O) groups excluding carboxylic acids is 2. The molecule has 1 aromatic rings. The van der Waals surface area contributed by atoms with E-state index in [4.69, 9.17) is 5.73 Å². The SMILES string of the molecule is NC(=O)[C@@H]1CN(CC(=O)NCc2ccc(F)cc2)C[C@H]1C(F)(F)F. The summed E-state index contributed by atoms with van der Waals surface area (Å²) in [5.74, 6) is -5.12. The highest BCUT2D eigenvalue weighted by molar-refractivity contribution is 5.79. The number of likely N-dealkylation sites (tertiary alicyclic amines) is 1. The van der Waals surface area contributed by atoms with E-state index in [1.807, 2.05) is 0 Å². The van der Waals surface area contributed by atoms with Crippen molar-refractivity contribution >= 4 is 11.8 Å². The third-order valence-electron chi connectivity index (χ3n) is 3.95. The van der Waals surface area contributed by atoms with E-state index < -0.39 is 42.2 Å². The molecule has 3 N–H and O–H groups in total. The van der Waals surface area contributed by atoms with E-state index in [1.54, 1.807) is 0 Å². The van der Waals surface area contributed by atoms with Crippen LogP contribution in [0.1, 0.15) is 5.56 Å². The largest absolute Gasteiger partial charge is 0.393 e. The van der Waals surface area contributed by atoms with Crippen LogP contribution in [0.5, 0.6) is 0 Å². The number of hydrogen-bond donors (Lipinski definition) is 2. The van der Waals surface area contributed by atoms with Gasteiger partial charge in [0.2, 0.25) is 11.8 Å². The zero-order valence-corrected chi connectivity index (χ0v) is 12.6. The molecule has 0 unspecified atom stereocenters. The number of amides is 2. The smallest absolute Gasteiger partial charge is 0.369 e. The summed E-state index contributed by atoms with van der Waals surface area (Å²) < 4.78 is 51.5. The fourth-order valence-corrected chi connectivity index (χ4v) is 2.70. The van der Waals surface area contributed by atoms with E-state index in [2.05, 4.69) is 5.32 Å². The Hall–Kier alpha value is -2.16. The average molecular weight is 347 g/mol. The molecule has 24 heavy (non-hydrogen) atoms. The second kappa shape index (κ2) is 7.16. The number of benzene rings is 1. The zero-order chi connectivity index (χ0) is 17.9. The lowest BCUT2D eigenvalue weighted by atomic mass is 9.95. The normalized spacial score (nSPS) is 21.7. The molecule has 1 aliphatic heterocycles. The minimum Gasteiger partial charge on any atom is -0.369 e. The quantitative estimate of drug-likeness (QED) is 0.782. The maximum Gasteiger partial charge on any atom is 0.393 e. The van der Waals surface area contributed by atoms with E-state index in [1.165, 1.54) is 29.2 Å². The molecular formula is C15H17F4N3O2. The van der Waals surface area contributed by atoms with Crippen molar-refractivity contribution in [2.45, 2.75) is 12.7 Å². The van der Waals surface area contributed by atoms with Crippen molar-refractivity contribution in [3.8, 4) is 0 Å². The van der Waals surface area contributed by atoms with E-state index in [-0.39, 0.29) is 19.6 Å². The minimum absolute atomic E-state index is 0.134. The Labute approximate surface area is 135 Å². The summed E-state index contributed by atoms with van der Waals surface area (Å²) in [6.45, 7) is -0.781. The molecule has 1 aromatic carbocycles. The number of carbonyl (C=O) groups is 2. The summed E-state index contributed by atoms with van der Waals surface area (Å²) in [6, 6.07) is 5.48. The summed E-state index contributed by atoms with van der Waals surface area (Å²) in [4.78, 5) is 24.3. The van der Waals surface area contributed by atoms with Crippen molar-refractivity contribution in [3.05, 3.63) is 35.6 Å². The molecule has 1 saturated heterocycles. The number of nitrogens with two attached hydrogens (primary N) is 1. The Bertz CT molecular complexity index is 604. The summed E-state index contributed by atoms with van der Waals surface area (Å²) in [5.41, 5.74) is 5.69. The van der Waals surface area contributed by atoms with Crippen molar-refractivity contribution in [1.82, 2.24) is 10.2 Å². The minimum atomic E-state index is -4.54. The predicted octanol–water partition coefficient (Wildman–Crippen LogP) is 1.04. The van der Waals surface area contributed by atoms with Crippen LogP contribution in [0.3, 0.4) is 0 Å². The Balaban J connectivity index is 1.87. The average Bonchev–Trinajstić information content (AvgIpc) is 2.91. The Morgan fingerprint density at radius 2 is 1.83 bits per heavy atom. The lowest BCUT2D eigenvalue weighted by molar-refractivity contribution is -0.182. The van der Waals surface area contributed by atoms with E-state index >= 15 is 0 Å². The number of nitrogens with zero attached hydrogens (tertiary/aromatic N) is 1. The topological polar surface area (TPSA) is 75.4 Å². The van der Waals surface area contributed by atoms with Crippen molar-refractivity contribution in [1.29, 1.82) is 0 Å². The van der Waals surface area contributed by atoms with Crippen LogP contribution in [0.4, 0.5) is 17.6 Å². The molecule has 1 aliphatic rings. The number of alkyl halides is 3. The Morgan fingerprint density at radius 1 is 1.21 bits per heavy atom. The molecule has 0 spiro atoms. The lowest BCUT2D eigenvalue weighted by Crippen LogP contribution is -2.37. The number of nitrogens with one attached hydrogen (secondary N) is 1. The van der Waals surface area contributed by atoms with E-state index in [0.717, 1.165) is 0 Å². The molecule has 0 radical (unpaired) electrons. The van der Waals surface area contributed by atoms with Crippen LogP contribution < -0.4 is 11.1 Å². The molecule has 2 atom stereocenters. The third kappa shape index (κ3) is 4.67. The molecule has 2 amide bonds. The molecule has 0 saturated carbocycles. The standard InChI is InChI=1S/C15H17F4N3O2/c16-10-3-1-9(2-4-10)5-21-13(23)8-22-6-11(14(20)24)12(7-22)15(17,18)19/h1-4,11-12H,5-8H2,(H2,20,24)(H,21,23)/t11-,12-/m1/s1. The van der Waals surface area contributed by atoms with Gasteiger partial charge in [0.1, 0.15) is 5.82 Å².